The summed E-state index contributed by atoms with van der Waals surface area (Å²) in [6.07, 6.45) is 3.44. The number of para-hydroxylation sites is 1. The van der Waals surface area contributed by atoms with E-state index in [4.69, 9.17) is 9.41 Å². The smallest absolute Gasteiger partial charge is 0.271 e. The first-order valence-corrected chi connectivity index (χ1v) is 15.6. The second-order valence-electron chi connectivity index (χ2n) is 9.87. The SMILES string of the molecule is O=c1/c(=C/c2ccc(Sc3nc4ccccc4s3)o2)sc2n1[C@@H](c1ccc(F)cc1)C1=C(N=2)c2ccccc2CC1. The first-order chi connectivity index (χ1) is 20.1. The maximum absolute atomic E-state index is 13.9. The van der Waals surface area contributed by atoms with Crippen molar-refractivity contribution in [3.8, 4) is 0 Å². The number of fused-ring (bicyclic) bond motifs is 4. The van der Waals surface area contributed by atoms with Crippen LogP contribution in [0.2, 0.25) is 0 Å². The molecule has 1 aliphatic carbocycles. The number of hydrogen-bond acceptors (Lipinski definition) is 7. The van der Waals surface area contributed by atoms with Crippen molar-refractivity contribution >= 4 is 56.4 Å². The number of furan rings is 1. The number of benzene rings is 3. The molecule has 200 valence electrons. The van der Waals surface area contributed by atoms with Crippen molar-refractivity contribution in [2.24, 2.45) is 4.99 Å². The average molecular weight is 594 g/mol. The summed E-state index contributed by atoms with van der Waals surface area (Å²) in [6.45, 7) is 0. The molecule has 5 nitrogen and oxygen atoms in total. The van der Waals surface area contributed by atoms with E-state index in [2.05, 4.69) is 23.2 Å². The summed E-state index contributed by atoms with van der Waals surface area (Å²) in [7, 11) is 0. The summed E-state index contributed by atoms with van der Waals surface area (Å²) >= 11 is 4.43. The molecule has 1 aliphatic heterocycles. The van der Waals surface area contributed by atoms with E-state index in [-0.39, 0.29) is 17.4 Å². The Morgan fingerprint density at radius 2 is 1.78 bits per heavy atom. The van der Waals surface area contributed by atoms with Crippen LogP contribution in [-0.4, -0.2) is 9.55 Å². The zero-order valence-corrected chi connectivity index (χ0v) is 23.9. The van der Waals surface area contributed by atoms with Gasteiger partial charge in [0.05, 0.1) is 26.5 Å². The van der Waals surface area contributed by atoms with Gasteiger partial charge in [0, 0.05) is 11.6 Å². The molecule has 4 heterocycles. The monoisotopic (exact) mass is 593 g/mol. The van der Waals surface area contributed by atoms with Crippen LogP contribution in [0.3, 0.4) is 0 Å². The van der Waals surface area contributed by atoms with Crippen LogP contribution >= 0.6 is 34.4 Å². The minimum Gasteiger partial charge on any atom is -0.450 e. The number of allylic oxidation sites excluding steroid dienone is 1. The van der Waals surface area contributed by atoms with E-state index >= 15 is 0 Å². The molecule has 2 aliphatic rings. The van der Waals surface area contributed by atoms with Crippen molar-refractivity contribution in [3.05, 3.63) is 138 Å². The topological polar surface area (TPSA) is 60.4 Å². The van der Waals surface area contributed by atoms with Crippen LogP contribution in [0, 0.1) is 5.82 Å². The summed E-state index contributed by atoms with van der Waals surface area (Å²) in [5.74, 6) is 0.285. The van der Waals surface area contributed by atoms with Crippen molar-refractivity contribution in [2.75, 3.05) is 0 Å². The van der Waals surface area contributed by atoms with Crippen LogP contribution < -0.4 is 14.9 Å². The molecule has 6 aromatic rings. The van der Waals surface area contributed by atoms with E-state index in [1.807, 2.05) is 42.5 Å². The molecule has 41 heavy (non-hydrogen) atoms. The highest BCUT2D eigenvalue weighted by atomic mass is 32.2. The van der Waals surface area contributed by atoms with Gasteiger partial charge in [0.1, 0.15) is 11.6 Å². The summed E-state index contributed by atoms with van der Waals surface area (Å²) in [6, 6.07) is 26.2. The Bertz CT molecular complexity index is 2150. The van der Waals surface area contributed by atoms with E-state index in [0.29, 0.717) is 20.2 Å². The number of hydrogen-bond donors (Lipinski definition) is 0. The molecule has 1 atom stereocenters. The molecule has 0 saturated heterocycles. The minimum atomic E-state index is -0.348. The van der Waals surface area contributed by atoms with Crippen molar-refractivity contribution < 1.29 is 8.81 Å². The van der Waals surface area contributed by atoms with Crippen LogP contribution in [0.25, 0.3) is 22.0 Å². The Labute approximate surface area is 245 Å². The molecular formula is C32H20FN3O2S3. The van der Waals surface area contributed by atoms with Crippen LogP contribution in [0.1, 0.15) is 34.9 Å². The van der Waals surface area contributed by atoms with Gasteiger partial charge in [-0.05, 0) is 77.7 Å². The highest BCUT2D eigenvalue weighted by molar-refractivity contribution is 8.01. The predicted molar refractivity (Wildman–Crippen MR) is 162 cm³/mol. The molecule has 0 N–H and O–H groups in total. The molecule has 0 amide bonds. The summed E-state index contributed by atoms with van der Waals surface area (Å²) < 4.78 is 24.3. The summed E-state index contributed by atoms with van der Waals surface area (Å²) in [4.78, 5) is 24.2. The van der Waals surface area contributed by atoms with Gasteiger partial charge >= 0.3 is 0 Å². The Balaban J connectivity index is 1.22. The van der Waals surface area contributed by atoms with E-state index in [9.17, 15) is 9.18 Å². The van der Waals surface area contributed by atoms with E-state index in [1.165, 1.54) is 40.8 Å². The largest absolute Gasteiger partial charge is 0.450 e. The summed E-state index contributed by atoms with van der Waals surface area (Å²) in [5.41, 5.74) is 6.05. The van der Waals surface area contributed by atoms with Crippen LogP contribution in [0.4, 0.5) is 4.39 Å². The minimum absolute atomic E-state index is 0.134. The van der Waals surface area contributed by atoms with E-state index < -0.39 is 0 Å². The van der Waals surface area contributed by atoms with E-state index in [0.717, 1.165) is 49.8 Å². The second-order valence-corrected chi connectivity index (χ2v) is 13.2. The molecule has 9 heteroatoms. The molecule has 8 rings (SSSR count). The predicted octanol–water partition coefficient (Wildman–Crippen LogP) is 6.81. The molecule has 0 fully saturated rings. The first-order valence-electron chi connectivity index (χ1n) is 13.1. The third kappa shape index (κ3) is 4.32. The molecular weight excluding hydrogens is 574 g/mol. The van der Waals surface area contributed by atoms with Crippen molar-refractivity contribution in [1.82, 2.24) is 9.55 Å². The number of thiazole rings is 2. The zero-order valence-electron chi connectivity index (χ0n) is 21.4. The molecule has 0 bridgehead atoms. The van der Waals surface area contributed by atoms with Gasteiger partial charge in [0.25, 0.3) is 5.56 Å². The van der Waals surface area contributed by atoms with Gasteiger partial charge < -0.3 is 4.42 Å². The number of halogens is 1. The second kappa shape index (κ2) is 9.80. The molecule has 0 spiro atoms. The van der Waals surface area contributed by atoms with Crippen molar-refractivity contribution in [1.29, 1.82) is 0 Å². The van der Waals surface area contributed by atoms with Crippen LogP contribution in [0.15, 0.2) is 114 Å². The average Bonchev–Trinajstić information content (AvgIpc) is 3.70. The molecule has 0 unspecified atom stereocenters. The number of aryl methyl sites for hydroxylation is 1. The van der Waals surface area contributed by atoms with Gasteiger partial charge in [-0.15, -0.1) is 11.3 Å². The fraction of sp³-hybridized carbons (Fsp3) is 0.0938. The lowest BCUT2D eigenvalue weighted by atomic mass is 9.83. The lowest BCUT2D eigenvalue weighted by Crippen LogP contribution is -2.38. The Kier molecular flexibility index (Phi) is 5.91. The van der Waals surface area contributed by atoms with Gasteiger partial charge in [0.15, 0.2) is 14.2 Å². The molecule has 3 aromatic heterocycles. The Hall–Kier alpha value is -4.05. The lowest BCUT2D eigenvalue weighted by molar-refractivity contribution is 0.466. The van der Waals surface area contributed by atoms with E-state index in [1.54, 1.807) is 34.1 Å². The van der Waals surface area contributed by atoms with Crippen LogP contribution in [-0.2, 0) is 6.42 Å². The third-order valence-corrected chi connectivity index (χ3v) is 10.4. The fourth-order valence-electron chi connectivity index (χ4n) is 5.54. The van der Waals surface area contributed by atoms with Crippen molar-refractivity contribution in [2.45, 2.75) is 28.3 Å². The van der Waals surface area contributed by atoms with Crippen molar-refractivity contribution in [3.63, 3.8) is 0 Å². The quantitative estimate of drug-likeness (QED) is 0.225. The van der Waals surface area contributed by atoms with Gasteiger partial charge in [-0.2, -0.15) is 0 Å². The fourth-order valence-corrected chi connectivity index (χ4v) is 8.49. The summed E-state index contributed by atoms with van der Waals surface area (Å²) in [5, 5.41) is 0.708. The van der Waals surface area contributed by atoms with Gasteiger partial charge in [-0.25, -0.2) is 14.4 Å². The number of nitrogens with zero attached hydrogens (tertiary/aromatic N) is 3. The maximum Gasteiger partial charge on any atom is 0.271 e. The Morgan fingerprint density at radius 1 is 0.951 bits per heavy atom. The lowest BCUT2D eigenvalue weighted by Gasteiger charge is -2.30. The normalized spacial score (nSPS) is 16.4. The maximum atomic E-state index is 13.9. The first kappa shape index (κ1) is 24.7. The standard InChI is InChI=1S/C32H20FN3O2S3/c33-20-12-9-19(10-13-20)29-23-15-11-18-5-1-2-6-22(18)28(23)35-31-36(29)30(37)26(39-31)17-21-14-16-27(38-21)41-32-34-24-7-3-4-8-25(24)40-32/h1-10,12-14,16-17,29H,11,15H2/b26-17-/t29-/m0/s1. The van der Waals surface area contributed by atoms with Gasteiger partial charge in [0.2, 0.25) is 0 Å². The number of rotatable bonds is 4. The van der Waals surface area contributed by atoms with Gasteiger partial charge in [-0.1, -0.05) is 59.9 Å². The zero-order chi connectivity index (χ0) is 27.5. The van der Waals surface area contributed by atoms with Crippen LogP contribution in [0.5, 0.6) is 0 Å². The highest BCUT2D eigenvalue weighted by Gasteiger charge is 2.32. The van der Waals surface area contributed by atoms with Gasteiger partial charge in [-0.3, -0.25) is 9.36 Å². The number of aromatic nitrogens is 2. The molecule has 0 radical (unpaired) electrons. The Morgan fingerprint density at radius 3 is 2.66 bits per heavy atom. The highest BCUT2D eigenvalue weighted by Crippen LogP contribution is 2.41. The molecule has 3 aromatic carbocycles. The molecule has 0 saturated carbocycles. The third-order valence-electron chi connectivity index (χ3n) is 7.40.